The Bertz CT molecular complexity index is 456. The normalized spacial score (nSPS) is 11.1. The van der Waals surface area contributed by atoms with Crippen LogP contribution in [0.1, 0.15) is 11.1 Å². The summed E-state index contributed by atoms with van der Waals surface area (Å²) in [6.07, 6.45) is -4.34. The van der Waals surface area contributed by atoms with Gasteiger partial charge in [0, 0.05) is 11.1 Å². The molecule has 0 radical (unpaired) electrons. The Morgan fingerprint density at radius 1 is 1.41 bits per heavy atom. The van der Waals surface area contributed by atoms with Gasteiger partial charge in [-0.15, -0.1) is 13.2 Å². The predicted molar refractivity (Wildman–Crippen MR) is 57.8 cm³/mol. The minimum absolute atomic E-state index is 0.123. The summed E-state index contributed by atoms with van der Waals surface area (Å²) in [5, 5.41) is 8.52. The zero-order chi connectivity index (χ0) is 13.1. The highest BCUT2D eigenvalue weighted by Crippen LogP contribution is 2.30. The van der Waals surface area contributed by atoms with Crippen LogP contribution < -0.4 is 4.74 Å². The Labute approximate surface area is 108 Å². The molecular formula is C9H5F4IN2O. The third kappa shape index (κ3) is 3.69. The van der Waals surface area contributed by atoms with Gasteiger partial charge in [-0.2, -0.15) is 5.26 Å². The molecule has 0 N–H and O–H groups in total. The molecule has 1 heterocycles. The van der Waals surface area contributed by atoms with E-state index >= 15 is 0 Å². The number of halogens is 5. The van der Waals surface area contributed by atoms with E-state index in [1.165, 1.54) is 0 Å². The second-order valence-corrected chi connectivity index (χ2v) is 3.91. The summed E-state index contributed by atoms with van der Waals surface area (Å²) in [6, 6.07) is 1.74. The Kier molecular flexibility index (Phi) is 4.50. The van der Waals surface area contributed by atoms with Crippen molar-refractivity contribution in [1.29, 1.82) is 5.26 Å². The van der Waals surface area contributed by atoms with Crippen LogP contribution in [0, 0.1) is 15.0 Å². The van der Waals surface area contributed by atoms with E-state index in [-0.39, 0.29) is 21.2 Å². The number of aromatic nitrogens is 1. The molecular weight excluding hydrogens is 355 g/mol. The van der Waals surface area contributed by atoms with Crippen LogP contribution >= 0.6 is 22.6 Å². The van der Waals surface area contributed by atoms with Crippen molar-refractivity contribution >= 4 is 22.6 Å². The Balaban J connectivity index is 3.24. The maximum atomic E-state index is 12.7. The first kappa shape index (κ1) is 14.0. The van der Waals surface area contributed by atoms with E-state index < -0.39 is 18.8 Å². The lowest BCUT2D eigenvalue weighted by Crippen LogP contribution is -2.19. The van der Waals surface area contributed by atoms with Gasteiger partial charge < -0.3 is 4.74 Å². The lowest BCUT2D eigenvalue weighted by Gasteiger charge is -2.14. The third-order valence-corrected chi connectivity index (χ3v) is 2.75. The van der Waals surface area contributed by atoms with Gasteiger partial charge in [-0.1, -0.05) is 0 Å². The second kappa shape index (κ2) is 5.48. The highest BCUT2D eigenvalue weighted by molar-refractivity contribution is 14.1. The number of alkyl halides is 4. The largest absolute Gasteiger partial charge is 0.573 e. The molecule has 0 saturated heterocycles. The molecule has 0 aliphatic carbocycles. The van der Waals surface area contributed by atoms with Crippen molar-refractivity contribution in [1.82, 2.24) is 4.98 Å². The molecule has 92 valence electrons. The zero-order valence-corrected chi connectivity index (χ0v) is 10.3. The number of nitrogens with zero attached hydrogens (tertiary/aromatic N) is 2. The average molecular weight is 360 g/mol. The van der Waals surface area contributed by atoms with Crippen LogP contribution in [0.15, 0.2) is 6.20 Å². The van der Waals surface area contributed by atoms with Gasteiger partial charge in [-0.3, -0.25) is 0 Å². The number of hydrogen-bond donors (Lipinski definition) is 0. The van der Waals surface area contributed by atoms with Crippen LogP contribution in [-0.2, 0) is 13.1 Å². The first-order valence-corrected chi connectivity index (χ1v) is 5.31. The van der Waals surface area contributed by atoms with Crippen molar-refractivity contribution < 1.29 is 22.3 Å². The molecule has 0 bridgehead atoms. The summed E-state index contributed by atoms with van der Waals surface area (Å²) in [4.78, 5) is 3.63. The molecule has 0 saturated carbocycles. The van der Waals surface area contributed by atoms with E-state index in [0.29, 0.717) is 0 Å². The summed E-state index contributed by atoms with van der Waals surface area (Å²) in [5.41, 5.74) is -0.166. The van der Waals surface area contributed by atoms with Gasteiger partial charge in [0.15, 0.2) is 5.75 Å². The Morgan fingerprint density at radius 2 is 2.06 bits per heavy atom. The summed E-state index contributed by atoms with van der Waals surface area (Å²) in [6.45, 7) is -1.15. The molecule has 0 aromatic carbocycles. The fourth-order valence-electron chi connectivity index (χ4n) is 1.16. The molecule has 0 spiro atoms. The molecule has 0 atom stereocenters. The van der Waals surface area contributed by atoms with E-state index in [1.54, 1.807) is 28.7 Å². The molecule has 0 fully saturated rings. The number of hydrogen-bond acceptors (Lipinski definition) is 3. The number of pyridine rings is 1. The quantitative estimate of drug-likeness (QED) is 0.473. The fourth-order valence-corrected chi connectivity index (χ4v) is 1.82. The highest BCUT2D eigenvalue weighted by atomic mass is 127. The third-order valence-electron chi connectivity index (χ3n) is 1.82. The van der Waals surface area contributed by atoms with Crippen molar-refractivity contribution in [2.75, 3.05) is 0 Å². The number of nitriles is 1. The van der Waals surface area contributed by atoms with Gasteiger partial charge >= 0.3 is 6.36 Å². The number of ether oxygens (including phenoxy) is 1. The smallest absolute Gasteiger partial charge is 0.404 e. The number of rotatable bonds is 3. The zero-order valence-electron chi connectivity index (χ0n) is 8.18. The van der Waals surface area contributed by atoms with Crippen LogP contribution in [0.5, 0.6) is 5.75 Å². The predicted octanol–water partition coefficient (Wildman–Crippen LogP) is 3.12. The van der Waals surface area contributed by atoms with Gasteiger partial charge in [0.05, 0.1) is 18.7 Å². The summed E-state index contributed by atoms with van der Waals surface area (Å²) < 4.78 is 52.8. The van der Waals surface area contributed by atoms with E-state index in [0.717, 1.165) is 6.20 Å². The molecule has 8 heteroatoms. The highest BCUT2D eigenvalue weighted by Gasteiger charge is 2.33. The monoisotopic (exact) mass is 360 g/mol. The van der Waals surface area contributed by atoms with Crippen LogP contribution in [-0.4, -0.2) is 11.3 Å². The molecule has 0 amide bonds. The molecule has 1 aromatic rings. The lowest BCUT2D eigenvalue weighted by molar-refractivity contribution is -0.275. The van der Waals surface area contributed by atoms with Crippen LogP contribution in [0.3, 0.4) is 0 Å². The van der Waals surface area contributed by atoms with Crippen molar-refractivity contribution in [3.05, 3.63) is 21.0 Å². The molecule has 0 unspecified atom stereocenters. The van der Waals surface area contributed by atoms with Crippen molar-refractivity contribution in [3.63, 3.8) is 0 Å². The van der Waals surface area contributed by atoms with E-state index in [9.17, 15) is 17.6 Å². The molecule has 0 aliphatic heterocycles. The first-order chi connectivity index (χ1) is 7.89. The maximum Gasteiger partial charge on any atom is 0.573 e. The minimum Gasteiger partial charge on any atom is -0.404 e. The second-order valence-electron chi connectivity index (χ2n) is 2.89. The van der Waals surface area contributed by atoms with Gasteiger partial charge in [0.2, 0.25) is 0 Å². The maximum absolute atomic E-state index is 12.7. The molecule has 3 nitrogen and oxygen atoms in total. The van der Waals surface area contributed by atoms with Crippen molar-refractivity contribution in [2.24, 2.45) is 0 Å². The van der Waals surface area contributed by atoms with Gasteiger partial charge in [-0.05, 0) is 22.6 Å². The summed E-state index contributed by atoms with van der Waals surface area (Å²) in [5.74, 6) is -0.703. The molecule has 0 aliphatic rings. The van der Waals surface area contributed by atoms with Crippen LogP contribution in [0.25, 0.3) is 0 Å². The van der Waals surface area contributed by atoms with E-state index in [1.807, 2.05) is 0 Å². The van der Waals surface area contributed by atoms with Crippen LogP contribution in [0.4, 0.5) is 17.6 Å². The van der Waals surface area contributed by atoms with Gasteiger partial charge in [0.25, 0.3) is 0 Å². The topological polar surface area (TPSA) is 45.9 Å². The average Bonchev–Trinajstić information content (AvgIpc) is 2.21. The van der Waals surface area contributed by atoms with E-state index in [4.69, 9.17) is 5.26 Å². The standard InChI is InChI=1S/C9H5F4IN2O/c10-3-6-5(1-2-15)8(14)16-4-7(6)17-9(11,12)13/h4H,1,3H2. The molecule has 1 aromatic heterocycles. The van der Waals surface area contributed by atoms with E-state index in [2.05, 4.69) is 9.72 Å². The van der Waals surface area contributed by atoms with Gasteiger partial charge in [-0.25, -0.2) is 9.37 Å². The van der Waals surface area contributed by atoms with Crippen molar-refractivity contribution in [2.45, 2.75) is 19.5 Å². The fraction of sp³-hybridized carbons (Fsp3) is 0.333. The van der Waals surface area contributed by atoms with Crippen molar-refractivity contribution in [3.8, 4) is 11.8 Å². The Morgan fingerprint density at radius 3 is 2.53 bits per heavy atom. The first-order valence-electron chi connectivity index (χ1n) is 4.24. The van der Waals surface area contributed by atoms with Gasteiger partial charge in [0.1, 0.15) is 10.4 Å². The summed E-state index contributed by atoms with van der Waals surface area (Å²) >= 11 is 1.72. The Hall–Kier alpha value is -1.11. The molecule has 1 rings (SSSR count). The SMILES string of the molecule is N#CCc1c(I)ncc(OC(F)(F)F)c1CF. The van der Waals surface area contributed by atoms with Crippen LogP contribution in [0.2, 0.25) is 0 Å². The minimum atomic E-state index is -4.91. The molecule has 17 heavy (non-hydrogen) atoms. The summed E-state index contributed by atoms with van der Waals surface area (Å²) in [7, 11) is 0. The lowest BCUT2D eigenvalue weighted by atomic mass is 10.1.